The summed E-state index contributed by atoms with van der Waals surface area (Å²) in [4.78, 5) is 0. The summed E-state index contributed by atoms with van der Waals surface area (Å²) >= 11 is 7.11. The summed E-state index contributed by atoms with van der Waals surface area (Å²) in [5.41, 5.74) is 1.51. The molecule has 8 heteroatoms. The molecular formula is C12H14ClN3O3S. The Morgan fingerprint density at radius 3 is 2.25 bits per heavy atom. The van der Waals surface area contributed by atoms with Crippen molar-refractivity contribution in [2.24, 2.45) is 0 Å². The molecule has 0 aliphatic heterocycles. The molecule has 0 amide bonds. The molecule has 1 heterocycles. The van der Waals surface area contributed by atoms with Crippen LogP contribution < -0.4 is 19.5 Å². The lowest BCUT2D eigenvalue weighted by Crippen LogP contribution is -2.02. The van der Waals surface area contributed by atoms with Gasteiger partial charge in [-0.1, -0.05) is 16.1 Å². The van der Waals surface area contributed by atoms with E-state index in [4.69, 9.17) is 25.8 Å². The Hall–Kier alpha value is -1.73. The van der Waals surface area contributed by atoms with Crippen molar-refractivity contribution in [2.45, 2.75) is 6.54 Å². The highest BCUT2D eigenvalue weighted by Gasteiger charge is 2.13. The van der Waals surface area contributed by atoms with Crippen LogP contribution in [0, 0.1) is 0 Å². The first-order valence-electron chi connectivity index (χ1n) is 5.70. The molecule has 20 heavy (non-hydrogen) atoms. The minimum atomic E-state index is 0.466. The second kappa shape index (κ2) is 6.62. The first-order chi connectivity index (χ1) is 9.69. The van der Waals surface area contributed by atoms with E-state index >= 15 is 0 Å². The molecule has 0 aliphatic rings. The molecule has 0 saturated carbocycles. The number of anilines is 1. The number of hydrogen-bond acceptors (Lipinski definition) is 7. The molecule has 6 nitrogen and oxygen atoms in total. The molecule has 2 rings (SSSR count). The summed E-state index contributed by atoms with van der Waals surface area (Å²) in [7, 11) is 4.71. The van der Waals surface area contributed by atoms with E-state index in [1.807, 2.05) is 12.1 Å². The highest BCUT2D eigenvalue weighted by atomic mass is 35.5. The van der Waals surface area contributed by atoms with Gasteiger partial charge in [0.25, 0.3) is 0 Å². The SMILES string of the molecule is COc1cc(NCc2nnsc2Cl)cc(OC)c1OC. The van der Waals surface area contributed by atoms with Crippen molar-refractivity contribution in [3.8, 4) is 17.2 Å². The van der Waals surface area contributed by atoms with Gasteiger partial charge < -0.3 is 19.5 Å². The Kier molecular flexibility index (Phi) is 4.86. The molecule has 0 unspecified atom stereocenters. The van der Waals surface area contributed by atoms with Crippen molar-refractivity contribution in [3.05, 3.63) is 22.2 Å². The van der Waals surface area contributed by atoms with Crippen LogP contribution in [0.5, 0.6) is 17.2 Å². The lowest BCUT2D eigenvalue weighted by atomic mass is 10.2. The van der Waals surface area contributed by atoms with E-state index in [1.54, 1.807) is 21.3 Å². The predicted octanol–water partition coefficient (Wildman–Crippen LogP) is 2.83. The topological polar surface area (TPSA) is 65.5 Å². The molecule has 0 atom stereocenters. The van der Waals surface area contributed by atoms with Crippen LogP contribution in [0.1, 0.15) is 5.69 Å². The second-order valence-electron chi connectivity index (χ2n) is 3.76. The highest BCUT2D eigenvalue weighted by Crippen LogP contribution is 2.40. The van der Waals surface area contributed by atoms with Gasteiger partial charge in [-0.2, -0.15) is 0 Å². The number of nitrogens with zero attached hydrogens (tertiary/aromatic N) is 2. The van der Waals surface area contributed by atoms with E-state index in [-0.39, 0.29) is 0 Å². The number of aromatic nitrogens is 2. The van der Waals surface area contributed by atoms with Gasteiger partial charge in [0.05, 0.1) is 27.9 Å². The monoisotopic (exact) mass is 315 g/mol. The van der Waals surface area contributed by atoms with E-state index in [0.29, 0.717) is 33.8 Å². The van der Waals surface area contributed by atoms with Gasteiger partial charge in [-0.25, -0.2) is 0 Å². The van der Waals surface area contributed by atoms with Gasteiger partial charge >= 0.3 is 0 Å². The summed E-state index contributed by atoms with van der Waals surface area (Å²) < 4.78 is 20.2. The van der Waals surface area contributed by atoms with Crippen LogP contribution >= 0.6 is 23.1 Å². The van der Waals surface area contributed by atoms with E-state index < -0.39 is 0 Å². The van der Waals surface area contributed by atoms with Gasteiger partial charge in [0.15, 0.2) is 11.5 Å². The lowest BCUT2D eigenvalue weighted by Gasteiger charge is -2.14. The van der Waals surface area contributed by atoms with Gasteiger partial charge in [0, 0.05) is 29.4 Å². The van der Waals surface area contributed by atoms with Crippen molar-refractivity contribution in [3.63, 3.8) is 0 Å². The van der Waals surface area contributed by atoms with Gasteiger partial charge in [0.2, 0.25) is 5.75 Å². The number of ether oxygens (including phenoxy) is 3. The van der Waals surface area contributed by atoms with Crippen LogP contribution in [0.4, 0.5) is 5.69 Å². The fraction of sp³-hybridized carbons (Fsp3) is 0.333. The Bertz CT molecular complexity index is 566. The maximum atomic E-state index is 5.95. The molecule has 108 valence electrons. The minimum absolute atomic E-state index is 0.466. The Labute approximate surface area is 125 Å². The van der Waals surface area contributed by atoms with Crippen molar-refractivity contribution in [1.82, 2.24) is 9.59 Å². The van der Waals surface area contributed by atoms with Crippen molar-refractivity contribution in [1.29, 1.82) is 0 Å². The predicted molar refractivity (Wildman–Crippen MR) is 78.3 cm³/mol. The fourth-order valence-corrected chi connectivity index (χ4v) is 2.30. The summed E-state index contributed by atoms with van der Waals surface area (Å²) in [6.07, 6.45) is 0. The first kappa shape index (κ1) is 14.7. The Morgan fingerprint density at radius 1 is 1.15 bits per heavy atom. The zero-order valence-electron chi connectivity index (χ0n) is 11.3. The molecule has 1 aromatic heterocycles. The quantitative estimate of drug-likeness (QED) is 0.884. The van der Waals surface area contributed by atoms with Crippen LogP contribution in [0.25, 0.3) is 0 Å². The molecule has 1 aromatic carbocycles. The zero-order valence-corrected chi connectivity index (χ0v) is 12.8. The van der Waals surface area contributed by atoms with Crippen LogP contribution in [0.3, 0.4) is 0 Å². The minimum Gasteiger partial charge on any atom is -0.493 e. The van der Waals surface area contributed by atoms with Crippen LogP contribution in [0.15, 0.2) is 12.1 Å². The average Bonchev–Trinajstić information content (AvgIpc) is 2.89. The van der Waals surface area contributed by atoms with E-state index in [9.17, 15) is 0 Å². The van der Waals surface area contributed by atoms with Gasteiger partial charge in [-0.05, 0) is 0 Å². The Morgan fingerprint density at radius 2 is 1.80 bits per heavy atom. The number of benzene rings is 1. The van der Waals surface area contributed by atoms with E-state index in [0.717, 1.165) is 17.2 Å². The molecule has 0 saturated heterocycles. The first-order valence-corrected chi connectivity index (χ1v) is 6.85. The molecule has 0 fully saturated rings. The van der Waals surface area contributed by atoms with Crippen LogP contribution in [-0.2, 0) is 6.54 Å². The number of halogens is 1. The van der Waals surface area contributed by atoms with E-state index in [2.05, 4.69) is 14.9 Å². The van der Waals surface area contributed by atoms with Crippen LogP contribution in [0.2, 0.25) is 4.34 Å². The smallest absolute Gasteiger partial charge is 0.203 e. The normalized spacial score (nSPS) is 10.2. The number of methoxy groups -OCH3 is 3. The molecule has 0 aliphatic carbocycles. The summed E-state index contributed by atoms with van der Waals surface area (Å²) in [5, 5.41) is 7.13. The lowest BCUT2D eigenvalue weighted by molar-refractivity contribution is 0.324. The van der Waals surface area contributed by atoms with Crippen molar-refractivity contribution >= 4 is 28.8 Å². The standard InChI is InChI=1S/C12H14ClN3O3S/c1-17-9-4-7(5-10(18-2)11(9)19-3)14-6-8-12(13)20-16-15-8/h4-5,14H,6H2,1-3H3. The molecular weight excluding hydrogens is 302 g/mol. The zero-order chi connectivity index (χ0) is 14.5. The molecule has 2 aromatic rings. The van der Waals surface area contributed by atoms with Crippen molar-refractivity contribution < 1.29 is 14.2 Å². The largest absolute Gasteiger partial charge is 0.493 e. The Balaban J connectivity index is 2.21. The van der Waals surface area contributed by atoms with E-state index in [1.165, 1.54) is 0 Å². The third-order valence-electron chi connectivity index (χ3n) is 2.63. The maximum absolute atomic E-state index is 5.95. The molecule has 0 bridgehead atoms. The average molecular weight is 316 g/mol. The maximum Gasteiger partial charge on any atom is 0.203 e. The number of hydrogen-bond donors (Lipinski definition) is 1. The summed E-state index contributed by atoms with van der Waals surface area (Å²) in [6.45, 7) is 0.466. The molecule has 0 radical (unpaired) electrons. The third kappa shape index (κ3) is 3.05. The summed E-state index contributed by atoms with van der Waals surface area (Å²) in [6, 6.07) is 3.63. The van der Waals surface area contributed by atoms with Crippen molar-refractivity contribution in [2.75, 3.05) is 26.6 Å². The van der Waals surface area contributed by atoms with Crippen LogP contribution in [-0.4, -0.2) is 30.9 Å². The second-order valence-corrected chi connectivity index (χ2v) is 5.12. The van der Waals surface area contributed by atoms with Gasteiger partial charge in [-0.3, -0.25) is 0 Å². The van der Waals surface area contributed by atoms with Gasteiger partial charge in [0.1, 0.15) is 10.0 Å². The number of nitrogens with one attached hydrogen (secondary N) is 1. The summed E-state index contributed by atoms with van der Waals surface area (Å²) in [5.74, 6) is 1.71. The molecule has 0 spiro atoms. The third-order valence-corrected chi connectivity index (χ3v) is 3.62. The number of rotatable bonds is 6. The fourth-order valence-electron chi connectivity index (χ4n) is 1.67. The molecule has 1 N–H and O–H groups in total. The highest BCUT2D eigenvalue weighted by molar-refractivity contribution is 7.10. The van der Waals surface area contributed by atoms with Gasteiger partial charge in [-0.15, -0.1) is 5.10 Å².